The van der Waals surface area contributed by atoms with E-state index in [1.807, 2.05) is 75.1 Å². The molecule has 8 nitrogen and oxygen atoms in total. The number of rotatable bonds is 11. The van der Waals surface area contributed by atoms with Crippen molar-refractivity contribution in [3.8, 4) is 95.0 Å². The van der Waals surface area contributed by atoms with Crippen LogP contribution in [0.4, 0.5) is 5.69 Å². The average Bonchev–Trinajstić information content (AvgIpc) is 1.50. The molecule has 28 rings (SSSR count). The molecular weight excluding hydrogens is 2110 g/mol. The van der Waals surface area contributed by atoms with Crippen LogP contribution >= 0.6 is 90.7 Å². The van der Waals surface area contributed by atoms with E-state index in [-0.39, 0.29) is 13.2 Å². The lowest BCUT2D eigenvalue weighted by Gasteiger charge is -2.34. The first kappa shape index (κ1) is 101. The molecule has 8 aliphatic heterocycles. The van der Waals surface area contributed by atoms with Crippen LogP contribution < -0.4 is 124 Å². The summed E-state index contributed by atoms with van der Waals surface area (Å²) in [4.78, 5) is 32.2. The van der Waals surface area contributed by atoms with Gasteiger partial charge in [0.2, 0.25) is 0 Å². The molecule has 0 atom stereocenters. The topological polar surface area (TPSA) is 100.0 Å². The number of nitrogens with one attached hydrogen (secondary N) is 1. The van der Waals surface area contributed by atoms with Gasteiger partial charge in [-0.05, 0) is 344 Å². The summed E-state index contributed by atoms with van der Waals surface area (Å²) in [6, 6.07) is 77.6. The van der Waals surface area contributed by atoms with E-state index < -0.39 is 64.6 Å². The summed E-state index contributed by atoms with van der Waals surface area (Å²) >= 11 is 15.3. The molecule has 0 unspecified atom stereocenters. The van der Waals surface area contributed by atoms with E-state index in [0.717, 1.165) is 39.2 Å². The van der Waals surface area contributed by atoms with Crippen LogP contribution in [0, 0.1) is 83.1 Å². The highest BCUT2D eigenvalue weighted by Gasteiger charge is 2.57. The second-order valence-corrected chi connectivity index (χ2v) is 89.8. The van der Waals surface area contributed by atoms with E-state index >= 15 is 0 Å². The first-order valence-corrected chi connectivity index (χ1v) is 81.1. The molecule has 24 heteroatoms. The molecule has 0 bridgehead atoms. The highest BCUT2D eigenvalue weighted by Crippen LogP contribution is 2.53. The molecule has 0 fully saturated rings. The predicted molar refractivity (Wildman–Crippen MR) is 682 cm³/mol. The lowest BCUT2D eigenvalue weighted by atomic mass is 9.96. The van der Waals surface area contributed by atoms with Crippen molar-refractivity contribution >= 4 is 308 Å². The Morgan fingerprint density at radius 3 is 0.993 bits per heavy atom. The van der Waals surface area contributed by atoms with Gasteiger partial charge in [0.15, 0.2) is 16.1 Å². The fraction of sp³-hybridized carbons (Fsp3) is 0.254. The Kier molecular flexibility index (Phi) is 23.6. The normalized spacial score (nSPS) is 16.0. The predicted octanol–water partition coefficient (Wildman–Crippen LogP) is 20.7. The number of benzene rings is 12. The summed E-state index contributed by atoms with van der Waals surface area (Å²) in [6.07, 6.45) is 0. The Morgan fingerprint density at radius 2 is 0.613 bits per heavy atom. The second-order valence-electron chi connectivity index (χ2n) is 46.9. The maximum absolute atomic E-state index is 10.6. The summed E-state index contributed by atoms with van der Waals surface area (Å²) in [5, 5.41) is 68.2. The number of methoxy groups -OCH3 is 2. The zero-order chi connectivity index (χ0) is 105. The first-order chi connectivity index (χ1) is 71.4. The van der Waals surface area contributed by atoms with Gasteiger partial charge in [-0.2, -0.15) is 0 Å². The zero-order valence-electron chi connectivity index (χ0n) is 91.4. The minimum absolute atomic E-state index is 0.0169. The minimum Gasteiger partial charge on any atom is -0.496 e. The highest BCUT2D eigenvalue weighted by atomic mass is 32.1. The second kappa shape index (κ2) is 35.1. The van der Waals surface area contributed by atoms with Crippen LogP contribution in [-0.4, -0.2) is 120 Å². The van der Waals surface area contributed by atoms with Gasteiger partial charge in [-0.15, -0.1) is 90.7 Å². The molecule has 0 spiro atoms. The summed E-state index contributed by atoms with van der Waals surface area (Å²) in [6.45, 7) is 57.5. The van der Waals surface area contributed by atoms with Gasteiger partial charge in [0.25, 0.3) is 0 Å². The molecule has 150 heavy (non-hydrogen) atoms. The van der Waals surface area contributed by atoms with E-state index in [2.05, 4.69) is 387 Å². The van der Waals surface area contributed by atoms with Crippen molar-refractivity contribution in [2.24, 2.45) is 0 Å². The number of hydrogen-bond donors (Lipinski definition) is 3. The van der Waals surface area contributed by atoms with Gasteiger partial charge < -0.3 is 29.9 Å². The lowest BCUT2D eigenvalue weighted by Crippen LogP contribution is -2.74. The summed E-state index contributed by atoms with van der Waals surface area (Å²) in [5.74, 6) is 1.94. The molecule has 8 aromatic heterocycles. The van der Waals surface area contributed by atoms with Gasteiger partial charge in [-0.1, -0.05) is 222 Å². The lowest BCUT2D eigenvalue weighted by molar-refractivity contribution is 0.282. The van der Waals surface area contributed by atoms with Gasteiger partial charge in [-0.25, -0.2) is 0 Å². The number of thiophene rings is 6. The summed E-state index contributed by atoms with van der Waals surface area (Å²) in [7, 11) is -6.75. The molecule has 756 valence electrons. The highest BCUT2D eigenvalue weighted by molar-refractivity contribution is 7.32. The Hall–Kier alpha value is -9.84. The first-order valence-electron chi connectivity index (χ1n) is 52.6. The van der Waals surface area contributed by atoms with Crippen LogP contribution in [0.1, 0.15) is 78.2 Å². The Labute approximate surface area is 922 Å². The molecule has 0 amide bonds. The molecule has 0 saturated heterocycles. The molecule has 8 aliphatic rings. The maximum atomic E-state index is 10.6. The van der Waals surface area contributed by atoms with Gasteiger partial charge in [0, 0.05) is 112 Å². The zero-order valence-corrected chi connectivity index (χ0v) is 106. The number of nitrogens with zero attached hydrogens (tertiary/aromatic N) is 3. The molecule has 12 aromatic carbocycles. The van der Waals surface area contributed by atoms with Crippen LogP contribution in [0.2, 0.25) is 78.6 Å². The van der Waals surface area contributed by atoms with E-state index in [0.29, 0.717) is 0 Å². The van der Waals surface area contributed by atoms with Crippen molar-refractivity contribution < 1.29 is 19.7 Å². The van der Waals surface area contributed by atoms with Gasteiger partial charge in [0.05, 0.1) is 47.2 Å². The maximum Gasteiger partial charge on any atom is 0.182 e. The number of aliphatic hydroxyl groups excluding tert-OH is 2. The van der Waals surface area contributed by atoms with Crippen molar-refractivity contribution in [3.63, 3.8) is 0 Å². The Morgan fingerprint density at radius 1 is 0.287 bits per heavy atom. The van der Waals surface area contributed by atoms with Crippen LogP contribution in [0.3, 0.4) is 0 Å². The van der Waals surface area contributed by atoms with Crippen molar-refractivity contribution in [2.45, 2.75) is 181 Å². The number of aryl methyl sites for hydroxylation is 12. The van der Waals surface area contributed by atoms with E-state index in [1.54, 1.807) is 81.7 Å². The Bertz CT molecular complexity index is 8750. The van der Waals surface area contributed by atoms with Crippen molar-refractivity contribution in [1.29, 1.82) is 0 Å². The van der Waals surface area contributed by atoms with Crippen LogP contribution in [0.5, 0.6) is 11.5 Å². The van der Waals surface area contributed by atoms with Gasteiger partial charge in [-0.3, -0.25) is 9.97 Å². The average molecular weight is 2240 g/mol. The van der Waals surface area contributed by atoms with Crippen molar-refractivity contribution in [2.75, 3.05) is 40.3 Å². The third-order valence-electron chi connectivity index (χ3n) is 34.9. The standard InChI is InChI=1S/C48H40S2Si2.C28H34N2S2Si2.C26H28O2S2Si2.C24H26N2O2S2Si2/c1-29-7-15-35(16-8-29)51(36-17-9-30(2)10-18-36)43-27-33(5)49-45(43)41-25-24-40-39(47(41)51)23-26-42-46-44(28-34(6)50-46)52(48(40)42,37-19-11-31(3)12-20-37)38-21-13-32(4)14-22-38;1-15-10-21-25(31-15)23-17(14-29-3)12-18-19(27(23)33(21,6)7)13-20(30(4)5)24-26-22(11-16(2)32-26)34(8,9)28(18)24;1-13-8-19-23(29-13)21-15(12-27)10-16-17(25(21)31(19,4)5)11-18(28-3)22-24-20(9-14(2)30-24)32(6,7)26(16)22;1-11-25-23-19(29-11)14-8-13(10-27)17-18(22(14)32(23,6)7)16(28-3)9-15-20-24(26-12(2)30-20)31(4,5)21(15)17/h7-28H,1-6H3;10-13,29H,14H2,1-9H3;8-11,27H,12H2,1-7H3;8-9,27H,10H2,1-7H3. The monoisotopic (exact) mass is 2240 g/mol. The number of aromatic nitrogens is 2. The molecule has 0 saturated carbocycles. The number of hydrogen-bond acceptors (Lipinski definition) is 16. The van der Waals surface area contributed by atoms with E-state index in [1.165, 1.54) is 241 Å². The smallest absolute Gasteiger partial charge is 0.182 e. The molecule has 20 aromatic rings. The number of aliphatic hydroxyl groups is 2. The quantitative estimate of drug-likeness (QED) is 0.110. The molecule has 0 aliphatic carbocycles. The minimum atomic E-state index is -2.71. The third kappa shape index (κ3) is 14.0. The summed E-state index contributed by atoms with van der Waals surface area (Å²) in [5.41, 5.74) is 21.3. The van der Waals surface area contributed by atoms with E-state index in [4.69, 9.17) is 19.4 Å². The van der Waals surface area contributed by atoms with Crippen LogP contribution in [0.25, 0.3) is 127 Å². The number of ether oxygens (including phenoxy) is 2. The number of fused-ring (bicyclic) bond motifs is 36. The third-order valence-corrected chi connectivity index (χ3v) is 75.2. The fourth-order valence-corrected chi connectivity index (χ4v) is 74.3. The number of anilines is 1. The van der Waals surface area contributed by atoms with Crippen molar-refractivity contribution in [3.05, 3.63) is 272 Å². The molecule has 0 radical (unpaired) electrons. The largest absolute Gasteiger partial charge is 0.496 e. The fourth-order valence-electron chi connectivity index (χ4n) is 28.4. The molecular formula is C126H128N4O4S8Si8. The molecule has 16 heterocycles. The SMILES string of the molecule is CNCc1cc2c3c(c(N(C)C)cc2c2c1-c1sc(C)cc1[Si]2(C)C)-c1sc(C)cc1[Si]3(C)C.COc1cc2c(c3c(CO)cc4c(c13)[Si](C)(C)c1nc(C)sc1-4)[Si](C)(C)c1nc(C)sc1-2.COc1cc2c3c(c(CO)cc2c2c1-c1sc(C)cc1[Si]2(C)C)-c1sc(C)cc1[Si]3(C)C.Cc1ccc([Si]2(c3ccc(C)cc3)c3cc(C)sc3-c3ccc4c5c(ccc4c32)-c2sc(C)cc2[Si]5(c2ccc(C)cc2)c2ccc(C)cc2)cc1. The van der Waals surface area contributed by atoms with Gasteiger partial charge >= 0.3 is 0 Å². The molecule has 3 N–H and O–H groups in total. The van der Waals surface area contributed by atoms with E-state index in [9.17, 15) is 10.2 Å². The van der Waals surface area contributed by atoms with Crippen LogP contribution in [0.15, 0.2) is 194 Å². The Balaban J connectivity index is 0.000000106. The summed E-state index contributed by atoms with van der Waals surface area (Å²) < 4.78 is 12.2. The number of thiazole rings is 2. The van der Waals surface area contributed by atoms with Crippen LogP contribution in [-0.2, 0) is 19.8 Å². The van der Waals surface area contributed by atoms with Gasteiger partial charge in [0.1, 0.15) is 59.9 Å². The van der Waals surface area contributed by atoms with Crippen molar-refractivity contribution in [1.82, 2.24) is 15.3 Å².